The van der Waals surface area contributed by atoms with Crippen molar-refractivity contribution in [2.75, 3.05) is 5.75 Å². The van der Waals surface area contributed by atoms with E-state index in [0.29, 0.717) is 6.42 Å². The maximum Gasteiger partial charge on any atom is 1.00 e. The van der Waals surface area contributed by atoms with Crippen LogP contribution >= 0.6 is 0 Å². The van der Waals surface area contributed by atoms with Crippen LogP contribution in [-0.2, 0) is 16.5 Å². The van der Waals surface area contributed by atoms with Crippen LogP contribution in [0.25, 0.3) is 0 Å². The maximum atomic E-state index is 10.2. The van der Waals surface area contributed by atoms with Gasteiger partial charge < -0.3 is 4.55 Å². The van der Waals surface area contributed by atoms with Gasteiger partial charge in [-0.3, -0.25) is 0 Å². The zero-order valence-corrected chi connectivity index (χ0v) is 10.3. The normalized spacial score (nSPS) is 10.5. The average molecular weight is 208 g/mol. The summed E-state index contributed by atoms with van der Waals surface area (Å²) in [7, 11) is -4.07. The van der Waals surface area contributed by atoms with Gasteiger partial charge in [-0.1, -0.05) is 30.3 Å². The van der Waals surface area contributed by atoms with Gasteiger partial charge in [0, 0.05) is 5.75 Å². The second-order valence-electron chi connectivity index (χ2n) is 2.50. The van der Waals surface area contributed by atoms with Crippen LogP contribution in [0, 0.1) is 0 Å². The van der Waals surface area contributed by atoms with E-state index >= 15 is 0 Å². The molecule has 1 aromatic carbocycles. The molecule has 66 valence electrons. The summed E-state index contributed by atoms with van der Waals surface area (Å²) in [6, 6.07) is 9.06. The zero-order valence-electron chi connectivity index (χ0n) is 7.43. The van der Waals surface area contributed by atoms with E-state index in [0.717, 1.165) is 5.56 Å². The standard InChI is InChI=1S/C8H10O3S.Na/c9-12(10,11)7-6-8-4-2-1-3-5-8;/h1-5H,6-7H2,(H,9,10,11);/q;+1/p-1. The molecule has 0 fully saturated rings. The van der Waals surface area contributed by atoms with E-state index < -0.39 is 10.1 Å². The summed E-state index contributed by atoms with van der Waals surface area (Å²) in [6.07, 6.45) is 0.298. The molecule has 0 saturated heterocycles. The van der Waals surface area contributed by atoms with Crippen LogP contribution in [-0.4, -0.2) is 18.7 Å². The van der Waals surface area contributed by atoms with Crippen LogP contribution in [0.1, 0.15) is 5.56 Å². The van der Waals surface area contributed by atoms with Gasteiger partial charge in [0.1, 0.15) is 0 Å². The molecule has 0 aliphatic rings. The summed E-state index contributed by atoms with van der Waals surface area (Å²) in [5.74, 6) is -0.322. The van der Waals surface area contributed by atoms with Crippen molar-refractivity contribution >= 4 is 10.1 Å². The van der Waals surface area contributed by atoms with Crippen LogP contribution in [0.5, 0.6) is 0 Å². The quantitative estimate of drug-likeness (QED) is 0.417. The third kappa shape index (κ3) is 6.23. The van der Waals surface area contributed by atoms with Gasteiger partial charge in [0.05, 0.1) is 10.1 Å². The van der Waals surface area contributed by atoms with Crippen molar-refractivity contribution in [2.45, 2.75) is 6.42 Å². The van der Waals surface area contributed by atoms with Gasteiger partial charge in [-0.15, -0.1) is 0 Å². The Balaban J connectivity index is 0.00000144. The van der Waals surface area contributed by atoms with Crippen LogP contribution in [0.3, 0.4) is 0 Å². The largest absolute Gasteiger partial charge is 1.00 e. The average Bonchev–Trinajstić information content (AvgIpc) is 2.02. The van der Waals surface area contributed by atoms with Gasteiger partial charge in [-0.2, -0.15) is 0 Å². The second kappa shape index (κ2) is 5.78. The van der Waals surface area contributed by atoms with E-state index in [1.807, 2.05) is 18.2 Å². The van der Waals surface area contributed by atoms with Crippen LogP contribution in [0.4, 0.5) is 0 Å². The van der Waals surface area contributed by atoms with Gasteiger partial charge in [0.25, 0.3) is 0 Å². The van der Waals surface area contributed by atoms with Crippen LogP contribution < -0.4 is 29.6 Å². The van der Waals surface area contributed by atoms with Crippen molar-refractivity contribution in [3.8, 4) is 0 Å². The molecular formula is C8H9NaO3S. The Labute approximate surface area is 100 Å². The zero-order chi connectivity index (χ0) is 9.03. The predicted molar refractivity (Wildman–Crippen MR) is 44.7 cm³/mol. The third-order valence-corrected chi connectivity index (χ3v) is 2.19. The fourth-order valence-corrected chi connectivity index (χ4v) is 1.37. The molecule has 0 radical (unpaired) electrons. The van der Waals surface area contributed by atoms with Crippen molar-refractivity contribution < 1.29 is 42.5 Å². The summed E-state index contributed by atoms with van der Waals surface area (Å²) in [5, 5.41) is 0. The molecule has 0 heterocycles. The van der Waals surface area contributed by atoms with Gasteiger partial charge in [-0.25, -0.2) is 8.42 Å². The number of hydrogen-bond donors (Lipinski definition) is 0. The molecule has 0 aliphatic carbocycles. The first kappa shape index (κ1) is 13.1. The summed E-state index contributed by atoms with van der Waals surface area (Å²) in [5.41, 5.74) is 0.872. The molecular weight excluding hydrogens is 199 g/mol. The smallest absolute Gasteiger partial charge is 0.748 e. The molecule has 0 saturated carbocycles. The molecule has 0 unspecified atom stereocenters. The van der Waals surface area contributed by atoms with E-state index in [1.165, 1.54) is 0 Å². The van der Waals surface area contributed by atoms with Crippen molar-refractivity contribution in [1.82, 2.24) is 0 Å². The van der Waals surface area contributed by atoms with E-state index in [4.69, 9.17) is 0 Å². The topological polar surface area (TPSA) is 57.2 Å². The molecule has 0 N–H and O–H groups in total. The van der Waals surface area contributed by atoms with Crippen LogP contribution in [0.2, 0.25) is 0 Å². The Morgan fingerprint density at radius 2 is 1.69 bits per heavy atom. The molecule has 0 amide bonds. The van der Waals surface area contributed by atoms with Crippen molar-refractivity contribution in [3.05, 3.63) is 35.9 Å². The van der Waals surface area contributed by atoms with Crippen LogP contribution in [0.15, 0.2) is 30.3 Å². The molecule has 0 aliphatic heterocycles. The van der Waals surface area contributed by atoms with Gasteiger partial charge >= 0.3 is 29.6 Å². The Hall–Kier alpha value is 0.130. The van der Waals surface area contributed by atoms with Crippen molar-refractivity contribution in [3.63, 3.8) is 0 Å². The Morgan fingerprint density at radius 1 is 1.15 bits per heavy atom. The van der Waals surface area contributed by atoms with E-state index in [-0.39, 0.29) is 35.3 Å². The van der Waals surface area contributed by atoms with Crippen molar-refractivity contribution in [1.29, 1.82) is 0 Å². The van der Waals surface area contributed by atoms with E-state index in [2.05, 4.69) is 0 Å². The van der Waals surface area contributed by atoms with E-state index in [9.17, 15) is 13.0 Å². The molecule has 5 heteroatoms. The number of hydrogen-bond acceptors (Lipinski definition) is 3. The minimum Gasteiger partial charge on any atom is -0.748 e. The first-order chi connectivity index (χ1) is 5.58. The SMILES string of the molecule is O=S(=O)([O-])CCc1ccccc1.[Na+]. The Bertz CT molecular complexity index is 334. The number of benzene rings is 1. The third-order valence-electron chi connectivity index (χ3n) is 1.48. The number of rotatable bonds is 3. The summed E-state index contributed by atoms with van der Waals surface area (Å²) < 4.78 is 30.7. The van der Waals surface area contributed by atoms with Gasteiger partial charge in [0.15, 0.2) is 0 Å². The number of aryl methyl sites for hydroxylation is 1. The Kier molecular flexibility index (Phi) is 5.83. The minimum atomic E-state index is -4.07. The molecule has 0 spiro atoms. The Morgan fingerprint density at radius 3 is 2.15 bits per heavy atom. The molecule has 3 nitrogen and oxygen atoms in total. The molecule has 13 heavy (non-hydrogen) atoms. The minimum absolute atomic E-state index is 0. The second-order valence-corrected chi connectivity index (χ2v) is 4.02. The monoisotopic (exact) mass is 208 g/mol. The summed E-state index contributed by atoms with van der Waals surface area (Å²) in [6.45, 7) is 0. The maximum absolute atomic E-state index is 10.2. The van der Waals surface area contributed by atoms with E-state index in [1.54, 1.807) is 12.1 Å². The fourth-order valence-electron chi connectivity index (χ4n) is 0.888. The molecule has 0 aromatic heterocycles. The van der Waals surface area contributed by atoms with Crippen molar-refractivity contribution in [2.24, 2.45) is 0 Å². The molecule has 0 atom stereocenters. The first-order valence-electron chi connectivity index (χ1n) is 3.55. The summed E-state index contributed by atoms with van der Waals surface area (Å²) in [4.78, 5) is 0. The molecule has 1 aromatic rings. The molecule has 0 bridgehead atoms. The summed E-state index contributed by atoms with van der Waals surface area (Å²) >= 11 is 0. The predicted octanol–water partition coefficient (Wildman–Crippen LogP) is -2.22. The fraction of sp³-hybridized carbons (Fsp3) is 0.250. The van der Waals surface area contributed by atoms with Gasteiger partial charge in [0.2, 0.25) is 0 Å². The molecule has 1 rings (SSSR count). The first-order valence-corrected chi connectivity index (χ1v) is 5.13. The van der Waals surface area contributed by atoms with Gasteiger partial charge in [-0.05, 0) is 12.0 Å².